The summed E-state index contributed by atoms with van der Waals surface area (Å²) in [4.78, 5) is 13.2. The summed E-state index contributed by atoms with van der Waals surface area (Å²) in [6.07, 6.45) is 1.66. The van der Waals surface area contributed by atoms with Gasteiger partial charge in [-0.05, 0) is 42.5 Å². The van der Waals surface area contributed by atoms with Gasteiger partial charge in [0.05, 0.1) is 5.69 Å². The van der Waals surface area contributed by atoms with E-state index in [9.17, 15) is 8.78 Å². The number of aromatic nitrogens is 2. The molecule has 0 atom stereocenters. The van der Waals surface area contributed by atoms with Crippen molar-refractivity contribution in [1.29, 1.82) is 0 Å². The molecule has 5 nitrogen and oxygen atoms in total. The number of hydrogen-bond acceptors (Lipinski definition) is 5. The second-order valence-corrected chi connectivity index (χ2v) is 6.30. The molecular weight excluding hydrogens is 348 g/mol. The largest absolute Gasteiger partial charge is 0.368 e. The lowest BCUT2D eigenvalue weighted by Crippen LogP contribution is -2.47. The van der Waals surface area contributed by atoms with E-state index in [1.165, 1.54) is 18.2 Å². The molecule has 0 aliphatic carbocycles. The van der Waals surface area contributed by atoms with Gasteiger partial charge in [-0.2, -0.15) is 4.98 Å². The first-order valence-corrected chi connectivity index (χ1v) is 8.79. The minimum absolute atomic E-state index is 0.232. The maximum atomic E-state index is 13.8. The predicted octanol–water partition coefficient (Wildman–Crippen LogP) is 3.83. The van der Waals surface area contributed by atoms with E-state index in [2.05, 4.69) is 25.1 Å². The van der Waals surface area contributed by atoms with Gasteiger partial charge >= 0.3 is 0 Å². The number of para-hydroxylation sites is 1. The molecule has 1 aromatic heterocycles. The number of piperazine rings is 1. The Balaban J connectivity index is 1.43. The van der Waals surface area contributed by atoms with Crippen LogP contribution in [0.5, 0.6) is 0 Å². The molecule has 1 N–H and O–H groups in total. The number of nitrogens with one attached hydrogen (secondary N) is 1. The summed E-state index contributed by atoms with van der Waals surface area (Å²) in [5.41, 5.74) is 1.38. The van der Waals surface area contributed by atoms with Crippen molar-refractivity contribution < 1.29 is 8.78 Å². The maximum absolute atomic E-state index is 13.8. The first kappa shape index (κ1) is 17.2. The lowest BCUT2D eigenvalue weighted by Gasteiger charge is -2.36. The van der Waals surface area contributed by atoms with Gasteiger partial charge < -0.3 is 15.1 Å². The van der Waals surface area contributed by atoms with Gasteiger partial charge in [-0.1, -0.05) is 12.1 Å². The highest BCUT2D eigenvalue weighted by Crippen LogP contribution is 2.21. The number of anilines is 4. The summed E-state index contributed by atoms with van der Waals surface area (Å²) in [6, 6.07) is 14.7. The van der Waals surface area contributed by atoms with Crippen LogP contribution in [0.15, 0.2) is 60.8 Å². The van der Waals surface area contributed by atoms with Crippen LogP contribution >= 0.6 is 0 Å². The van der Waals surface area contributed by atoms with Gasteiger partial charge in [0.15, 0.2) is 0 Å². The molecule has 138 valence electrons. The van der Waals surface area contributed by atoms with E-state index in [1.807, 2.05) is 0 Å². The summed E-state index contributed by atoms with van der Waals surface area (Å²) in [5, 5.41) is 2.99. The minimum Gasteiger partial charge on any atom is -0.368 e. The zero-order chi connectivity index (χ0) is 18.6. The lowest BCUT2D eigenvalue weighted by atomic mass is 10.2. The molecule has 0 unspecified atom stereocenters. The first-order valence-electron chi connectivity index (χ1n) is 8.79. The van der Waals surface area contributed by atoms with E-state index in [4.69, 9.17) is 0 Å². The third-order valence-electron chi connectivity index (χ3n) is 4.53. The van der Waals surface area contributed by atoms with Crippen molar-refractivity contribution in [3.8, 4) is 0 Å². The Morgan fingerprint density at radius 1 is 0.815 bits per heavy atom. The summed E-state index contributed by atoms with van der Waals surface area (Å²) < 4.78 is 26.9. The van der Waals surface area contributed by atoms with E-state index in [0.29, 0.717) is 17.5 Å². The van der Waals surface area contributed by atoms with E-state index in [-0.39, 0.29) is 11.6 Å². The Morgan fingerprint density at radius 3 is 2.26 bits per heavy atom. The predicted molar refractivity (Wildman–Crippen MR) is 103 cm³/mol. The van der Waals surface area contributed by atoms with Crippen LogP contribution in [-0.2, 0) is 0 Å². The molecule has 0 radical (unpaired) electrons. The third kappa shape index (κ3) is 3.97. The fourth-order valence-corrected chi connectivity index (χ4v) is 3.09. The van der Waals surface area contributed by atoms with Crippen LogP contribution in [0.4, 0.5) is 31.9 Å². The molecule has 2 aromatic carbocycles. The zero-order valence-electron chi connectivity index (χ0n) is 14.6. The van der Waals surface area contributed by atoms with Gasteiger partial charge in [-0.25, -0.2) is 13.8 Å². The van der Waals surface area contributed by atoms with Gasteiger partial charge in [-0.15, -0.1) is 0 Å². The smallest absolute Gasteiger partial charge is 0.227 e. The monoisotopic (exact) mass is 367 g/mol. The Morgan fingerprint density at radius 2 is 1.52 bits per heavy atom. The fourth-order valence-electron chi connectivity index (χ4n) is 3.09. The van der Waals surface area contributed by atoms with Crippen LogP contribution < -0.4 is 15.1 Å². The second-order valence-electron chi connectivity index (χ2n) is 6.30. The number of rotatable bonds is 4. The summed E-state index contributed by atoms with van der Waals surface area (Å²) in [5.74, 6) is 0.594. The van der Waals surface area contributed by atoms with Gasteiger partial charge in [0.1, 0.15) is 17.5 Å². The van der Waals surface area contributed by atoms with Crippen LogP contribution in [0.3, 0.4) is 0 Å². The van der Waals surface area contributed by atoms with Crippen LogP contribution in [-0.4, -0.2) is 36.1 Å². The topological polar surface area (TPSA) is 44.3 Å². The molecule has 3 aromatic rings. The second kappa shape index (κ2) is 7.57. The summed E-state index contributed by atoms with van der Waals surface area (Å²) in [6.45, 7) is 3.08. The number of benzene rings is 2. The van der Waals surface area contributed by atoms with Gasteiger partial charge in [0.2, 0.25) is 5.95 Å². The van der Waals surface area contributed by atoms with Gasteiger partial charge in [0, 0.05) is 38.1 Å². The molecule has 0 spiro atoms. The normalized spacial score (nSPS) is 14.3. The van der Waals surface area contributed by atoms with Crippen LogP contribution in [0.25, 0.3) is 0 Å². The van der Waals surface area contributed by atoms with Crippen LogP contribution in [0.2, 0.25) is 0 Å². The van der Waals surface area contributed by atoms with E-state index >= 15 is 0 Å². The third-order valence-corrected chi connectivity index (χ3v) is 4.53. The molecule has 0 saturated carbocycles. The lowest BCUT2D eigenvalue weighted by molar-refractivity contribution is 0.623. The highest BCUT2D eigenvalue weighted by atomic mass is 19.1. The van der Waals surface area contributed by atoms with E-state index in [1.54, 1.807) is 42.6 Å². The van der Waals surface area contributed by atoms with Crippen LogP contribution in [0.1, 0.15) is 0 Å². The van der Waals surface area contributed by atoms with Gasteiger partial charge in [0.25, 0.3) is 0 Å². The quantitative estimate of drug-likeness (QED) is 0.759. The van der Waals surface area contributed by atoms with Crippen molar-refractivity contribution in [2.24, 2.45) is 0 Å². The average Bonchev–Trinajstić information content (AvgIpc) is 2.71. The maximum Gasteiger partial charge on any atom is 0.227 e. The van der Waals surface area contributed by atoms with E-state index in [0.717, 1.165) is 31.9 Å². The van der Waals surface area contributed by atoms with Crippen molar-refractivity contribution in [2.75, 3.05) is 41.3 Å². The highest BCUT2D eigenvalue weighted by molar-refractivity contribution is 5.58. The number of halogens is 2. The molecule has 1 aliphatic heterocycles. The SMILES string of the molecule is Fc1ccc(N2CCN(c3nccc(Nc4ccccc4F)n3)CC2)cc1. The molecule has 0 amide bonds. The molecule has 7 heteroatoms. The summed E-state index contributed by atoms with van der Waals surface area (Å²) in [7, 11) is 0. The Bertz CT molecular complexity index is 908. The molecule has 1 aliphatic rings. The number of hydrogen-bond donors (Lipinski definition) is 1. The van der Waals surface area contributed by atoms with E-state index < -0.39 is 0 Å². The van der Waals surface area contributed by atoms with Crippen molar-refractivity contribution in [2.45, 2.75) is 0 Å². The highest BCUT2D eigenvalue weighted by Gasteiger charge is 2.19. The number of nitrogens with zero attached hydrogens (tertiary/aromatic N) is 4. The Hall–Kier alpha value is -3.22. The zero-order valence-corrected chi connectivity index (χ0v) is 14.6. The summed E-state index contributed by atoms with van der Waals surface area (Å²) >= 11 is 0. The average molecular weight is 367 g/mol. The molecule has 27 heavy (non-hydrogen) atoms. The Labute approximate surface area is 156 Å². The van der Waals surface area contributed by atoms with Crippen LogP contribution in [0, 0.1) is 11.6 Å². The van der Waals surface area contributed by atoms with Gasteiger partial charge in [-0.3, -0.25) is 0 Å². The molecule has 2 heterocycles. The molecule has 1 saturated heterocycles. The van der Waals surface area contributed by atoms with Crippen molar-refractivity contribution in [3.05, 3.63) is 72.4 Å². The fraction of sp³-hybridized carbons (Fsp3) is 0.200. The molecule has 1 fully saturated rings. The van der Waals surface area contributed by atoms with Crippen molar-refractivity contribution in [3.63, 3.8) is 0 Å². The van der Waals surface area contributed by atoms with Crippen molar-refractivity contribution >= 4 is 23.1 Å². The Kier molecular flexibility index (Phi) is 4.82. The molecule has 4 rings (SSSR count). The van der Waals surface area contributed by atoms with Crippen molar-refractivity contribution in [1.82, 2.24) is 9.97 Å². The standard InChI is InChI=1S/C20H19F2N5/c21-15-5-7-16(8-6-15)26-11-13-27(14-12-26)20-23-10-9-19(25-20)24-18-4-2-1-3-17(18)22/h1-10H,11-14H2,(H,23,24,25). The minimum atomic E-state index is -0.328. The first-order chi connectivity index (χ1) is 13.2. The molecule has 0 bridgehead atoms. The molecular formula is C20H19F2N5.